The molecule has 0 aliphatic rings. The molecule has 0 fully saturated rings. The summed E-state index contributed by atoms with van der Waals surface area (Å²) in [6.45, 7) is 0. The molecule has 2 rings (SSSR count). The Hall–Kier alpha value is -1.88. The van der Waals surface area contributed by atoms with Crippen LogP contribution in [0.3, 0.4) is 0 Å². The van der Waals surface area contributed by atoms with Crippen molar-refractivity contribution in [2.45, 2.75) is 9.79 Å². The summed E-state index contributed by atoms with van der Waals surface area (Å²) in [5.41, 5.74) is 4.53. The molecule has 0 unspecified atom stereocenters. The van der Waals surface area contributed by atoms with Gasteiger partial charge in [-0.3, -0.25) is 9.11 Å². The lowest BCUT2D eigenvalue weighted by Gasteiger charge is -2.12. The van der Waals surface area contributed by atoms with Crippen molar-refractivity contribution in [3.05, 3.63) is 24.3 Å². The van der Waals surface area contributed by atoms with Crippen molar-refractivity contribution in [1.82, 2.24) is 0 Å². The summed E-state index contributed by atoms with van der Waals surface area (Å²) >= 11 is 0. The molecule has 2 aromatic carbocycles. The van der Waals surface area contributed by atoms with Crippen LogP contribution in [0.15, 0.2) is 34.1 Å². The lowest BCUT2D eigenvalue weighted by Crippen LogP contribution is -2.10. The van der Waals surface area contributed by atoms with Crippen molar-refractivity contribution in [2.24, 2.45) is 0 Å². The number of fused-ring (bicyclic) bond motifs is 1. The van der Waals surface area contributed by atoms with Crippen LogP contribution in [0.5, 0.6) is 5.75 Å². The monoisotopic (exact) mass is 319 g/mol. The van der Waals surface area contributed by atoms with Gasteiger partial charge >= 0.3 is 0 Å². The highest BCUT2D eigenvalue weighted by Gasteiger charge is 2.27. The van der Waals surface area contributed by atoms with Crippen LogP contribution in [0.1, 0.15) is 0 Å². The quantitative estimate of drug-likeness (QED) is 0.463. The molecular weight excluding hydrogens is 310 g/mol. The van der Waals surface area contributed by atoms with Crippen molar-refractivity contribution < 1.29 is 31.0 Å². The zero-order chi connectivity index (χ0) is 15.3. The van der Waals surface area contributed by atoms with Gasteiger partial charge in [-0.2, -0.15) is 16.8 Å². The Kier molecular flexibility index (Phi) is 3.13. The SMILES string of the molecule is Nc1c(S(=O)(=O)O)cc2cccc(O)c2c1S(=O)(=O)O. The molecule has 8 nitrogen and oxygen atoms in total. The molecular formula is C10H9NO7S2. The molecule has 2 aromatic rings. The zero-order valence-electron chi connectivity index (χ0n) is 9.68. The Bertz CT molecular complexity index is 916. The Morgan fingerprint density at radius 2 is 1.60 bits per heavy atom. The predicted molar refractivity (Wildman–Crippen MR) is 69.7 cm³/mol. The van der Waals surface area contributed by atoms with Crippen LogP contribution in [0.2, 0.25) is 0 Å². The van der Waals surface area contributed by atoms with Crippen molar-refractivity contribution in [3.8, 4) is 5.75 Å². The normalized spacial score (nSPS) is 12.7. The standard InChI is InChI=1S/C10H9NO7S2/c11-9-7(19(13,14)15)4-5-2-1-3-6(12)8(5)10(9)20(16,17)18/h1-4,12H,11H2,(H,13,14,15)(H,16,17,18). The lowest BCUT2D eigenvalue weighted by molar-refractivity contribution is 0.473. The minimum atomic E-state index is -4.93. The average molecular weight is 319 g/mol. The highest BCUT2D eigenvalue weighted by atomic mass is 32.2. The molecule has 0 radical (unpaired) electrons. The molecule has 0 bridgehead atoms. The molecule has 0 aromatic heterocycles. The van der Waals surface area contributed by atoms with Crippen molar-refractivity contribution in [2.75, 3.05) is 5.73 Å². The summed E-state index contributed by atoms with van der Waals surface area (Å²) < 4.78 is 63.4. The first-order valence-electron chi connectivity index (χ1n) is 5.02. The van der Waals surface area contributed by atoms with Crippen LogP contribution < -0.4 is 5.73 Å². The second-order valence-corrected chi connectivity index (χ2v) is 6.69. The summed E-state index contributed by atoms with van der Waals surface area (Å²) in [5, 5.41) is 9.33. The Balaban J connectivity index is 3.19. The maximum atomic E-state index is 11.4. The van der Waals surface area contributed by atoms with Gasteiger partial charge in [-0.05, 0) is 17.5 Å². The maximum Gasteiger partial charge on any atom is 0.297 e. The first-order chi connectivity index (χ1) is 9.03. The summed E-state index contributed by atoms with van der Waals surface area (Å²) in [6, 6.07) is 4.66. The van der Waals surface area contributed by atoms with Crippen LogP contribution in [0.4, 0.5) is 5.69 Å². The molecule has 0 saturated carbocycles. The van der Waals surface area contributed by atoms with E-state index in [2.05, 4.69) is 0 Å². The molecule has 0 atom stereocenters. The third-order valence-electron chi connectivity index (χ3n) is 2.63. The van der Waals surface area contributed by atoms with Crippen LogP contribution in [0, 0.1) is 0 Å². The number of hydrogen-bond acceptors (Lipinski definition) is 6. The van der Waals surface area contributed by atoms with E-state index < -0.39 is 41.5 Å². The van der Waals surface area contributed by atoms with E-state index >= 15 is 0 Å². The molecule has 5 N–H and O–H groups in total. The number of hydrogen-bond donors (Lipinski definition) is 4. The third kappa shape index (κ3) is 2.29. The van der Waals surface area contributed by atoms with E-state index in [0.717, 1.165) is 12.1 Å². The van der Waals surface area contributed by atoms with Gasteiger partial charge in [0, 0.05) is 5.39 Å². The maximum absolute atomic E-state index is 11.4. The van der Waals surface area contributed by atoms with Crippen LogP contribution >= 0.6 is 0 Å². The van der Waals surface area contributed by atoms with Gasteiger partial charge in [-0.25, -0.2) is 0 Å². The second-order valence-electron chi connectivity index (χ2n) is 3.94. The minimum absolute atomic E-state index is 0.0283. The van der Waals surface area contributed by atoms with Gasteiger partial charge in [0.05, 0.1) is 5.69 Å². The highest BCUT2D eigenvalue weighted by Crippen LogP contribution is 2.38. The molecule has 108 valence electrons. The number of aromatic hydroxyl groups is 1. The van der Waals surface area contributed by atoms with Crippen molar-refractivity contribution in [1.29, 1.82) is 0 Å². The first kappa shape index (κ1) is 14.5. The Labute approximate surface area is 114 Å². The summed E-state index contributed by atoms with van der Waals surface area (Å²) in [4.78, 5) is -1.84. The van der Waals surface area contributed by atoms with Gasteiger partial charge in [-0.15, -0.1) is 0 Å². The molecule has 0 aliphatic heterocycles. The van der Waals surface area contributed by atoms with Gasteiger partial charge in [0.1, 0.15) is 15.5 Å². The summed E-state index contributed by atoms with van der Waals surface area (Å²) in [6.07, 6.45) is 0. The van der Waals surface area contributed by atoms with Crippen LogP contribution in [-0.4, -0.2) is 31.0 Å². The van der Waals surface area contributed by atoms with E-state index in [1.54, 1.807) is 0 Å². The number of benzene rings is 2. The molecule has 0 amide bonds. The Morgan fingerprint density at radius 3 is 2.10 bits per heavy atom. The summed E-state index contributed by atoms with van der Waals surface area (Å²) in [5.74, 6) is -0.510. The molecule has 0 aliphatic carbocycles. The van der Waals surface area contributed by atoms with Crippen molar-refractivity contribution in [3.63, 3.8) is 0 Å². The first-order valence-corrected chi connectivity index (χ1v) is 7.90. The van der Waals surface area contributed by atoms with Gasteiger partial charge in [0.15, 0.2) is 0 Å². The van der Waals surface area contributed by atoms with Gasteiger partial charge in [0.25, 0.3) is 20.2 Å². The largest absolute Gasteiger partial charge is 0.507 e. The van der Waals surface area contributed by atoms with Crippen LogP contribution in [-0.2, 0) is 20.2 Å². The van der Waals surface area contributed by atoms with Crippen molar-refractivity contribution >= 4 is 36.7 Å². The van der Waals surface area contributed by atoms with E-state index in [1.165, 1.54) is 12.1 Å². The van der Waals surface area contributed by atoms with Gasteiger partial charge in [-0.1, -0.05) is 12.1 Å². The molecule has 0 saturated heterocycles. The zero-order valence-corrected chi connectivity index (χ0v) is 11.3. The Morgan fingerprint density at radius 1 is 1.00 bits per heavy atom. The summed E-state index contributed by atoms with van der Waals surface area (Å²) in [7, 11) is -9.73. The van der Waals surface area contributed by atoms with E-state index in [-0.39, 0.29) is 10.8 Å². The lowest BCUT2D eigenvalue weighted by atomic mass is 10.1. The second kappa shape index (κ2) is 4.31. The van der Waals surface area contributed by atoms with E-state index in [4.69, 9.17) is 10.3 Å². The highest BCUT2D eigenvalue weighted by molar-refractivity contribution is 7.87. The molecule has 20 heavy (non-hydrogen) atoms. The molecule has 0 spiro atoms. The fourth-order valence-electron chi connectivity index (χ4n) is 1.87. The number of phenolic OH excluding ortho intramolecular Hbond substituents is 1. The topological polar surface area (TPSA) is 155 Å². The van der Waals surface area contributed by atoms with Gasteiger partial charge < -0.3 is 10.8 Å². The number of anilines is 1. The minimum Gasteiger partial charge on any atom is -0.507 e. The van der Waals surface area contributed by atoms with E-state index in [9.17, 15) is 26.5 Å². The van der Waals surface area contributed by atoms with Crippen LogP contribution in [0.25, 0.3) is 10.8 Å². The fraction of sp³-hybridized carbons (Fsp3) is 0. The number of nitrogen functional groups attached to an aromatic ring is 1. The number of phenols is 1. The van der Waals surface area contributed by atoms with E-state index in [1.807, 2.05) is 0 Å². The molecule has 10 heteroatoms. The smallest absolute Gasteiger partial charge is 0.297 e. The van der Waals surface area contributed by atoms with E-state index in [0.29, 0.717) is 0 Å². The average Bonchev–Trinajstić information content (AvgIpc) is 2.26. The fourth-order valence-corrected chi connectivity index (χ4v) is 3.46. The third-order valence-corrected chi connectivity index (χ3v) is 4.47. The number of nitrogens with two attached hydrogens (primary N) is 1. The predicted octanol–water partition coefficient (Wildman–Crippen LogP) is 0.621. The number of rotatable bonds is 2. The van der Waals surface area contributed by atoms with Gasteiger partial charge in [0.2, 0.25) is 0 Å². The molecule has 0 heterocycles.